The van der Waals surface area contributed by atoms with Crippen LogP contribution in [-0.2, 0) is 60.5 Å². The minimum Gasteiger partial charge on any atom is -0.349 e. The molecule has 4 N–H and O–H groups in total. The van der Waals surface area contributed by atoms with Crippen LogP contribution in [0.5, 0.6) is 0 Å². The Morgan fingerprint density at radius 3 is 2.55 bits per heavy atom. The van der Waals surface area contributed by atoms with E-state index in [9.17, 15) is 24.5 Å². The topological polar surface area (TPSA) is 274 Å². The van der Waals surface area contributed by atoms with E-state index in [1.807, 2.05) is 6.07 Å². The molecule has 0 aliphatic carbocycles. The number of carbonyl (C=O) groups is 2. The number of amides is 2. The Labute approximate surface area is 350 Å². The van der Waals surface area contributed by atoms with Crippen LogP contribution >= 0.6 is 13.4 Å². The van der Waals surface area contributed by atoms with E-state index < -0.39 is 61.8 Å². The number of carbonyl (C=O) groups excluding carboxylic acids is 2. The van der Waals surface area contributed by atoms with Crippen molar-refractivity contribution in [2.75, 3.05) is 30.5 Å². The second-order valence-corrected chi connectivity index (χ2v) is 19.8. The fraction of sp³-hybridized carbons (Fsp3) is 0.441. The molecule has 8 atom stereocenters. The SMILES string of the molecule is CC(C)C(=O)Nc1nc2c(ncn2[C@@H]2O[C@@H]3COP(=S)(OCCC#N)O[C@@H]4C[C@H](n5cnc6c(NC(=O)c7ccccc7)ncnc65)O[C@@H]4COP(O)(=S)O[C@H]2C3)c(=O)[nH]1. The molecule has 2 bridgehead atoms. The summed E-state index contributed by atoms with van der Waals surface area (Å²) in [6, 6.07) is 10.6. The van der Waals surface area contributed by atoms with Gasteiger partial charge in [0.2, 0.25) is 11.9 Å². The number of hydrogen-bond donors (Lipinski definition) is 4. The molecular formula is C34H37N11O11P2S2. The Bertz CT molecular complexity index is 2620. The number of nitrogens with zero attached hydrogens (tertiary/aromatic N) is 8. The zero-order chi connectivity index (χ0) is 42.2. The summed E-state index contributed by atoms with van der Waals surface area (Å²) in [5, 5.41) is 14.6. The van der Waals surface area contributed by atoms with Gasteiger partial charge in [0, 0.05) is 24.3 Å². The third kappa shape index (κ3) is 9.08. The molecule has 4 aromatic heterocycles. The molecule has 60 heavy (non-hydrogen) atoms. The third-order valence-corrected chi connectivity index (χ3v) is 13.5. The average molecular weight is 902 g/mol. The predicted molar refractivity (Wildman–Crippen MR) is 217 cm³/mol. The van der Waals surface area contributed by atoms with Gasteiger partial charge in [-0.05, 0) is 35.7 Å². The molecule has 2 unspecified atom stereocenters. The Morgan fingerprint density at radius 2 is 1.77 bits per heavy atom. The maximum atomic E-state index is 13.0. The second kappa shape index (κ2) is 17.5. The summed E-state index contributed by atoms with van der Waals surface area (Å²) in [6.07, 6.45) is -1.13. The van der Waals surface area contributed by atoms with Crippen molar-refractivity contribution in [2.45, 2.75) is 70.0 Å². The maximum absolute atomic E-state index is 13.0. The summed E-state index contributed by atoms with van der Waals surface area (Å²) in [7, 11) is 0. The van der Waals surface area contributed by atoms with Crippen LogP contribution < -0.4 is 16.2 Å². The summed E-state index contributed by atoms with van der Waals surface area (Å²) in [5.41, 5.74) is 0.444. The van der Waals surface area contributed by atoms with Crippen molar-refractivity contribution in [3.63, 3.8) is 0 Å². The first-order valence-electron chi connectivity index (χ1n) is 18.5. The molecule has 1 aromatic carbocycles. The summed E-state index contributed by atoms with van der Waals surface area (Å²) in [4.78, 5) is 74.1. The molecule has 22 nitrogen and oxygen atoms in total. The number of anilines is 2. The van der Waals surface area contributed by atoms with Gasteiger partial charge in [-0.2, -0.15) is 10.2 Å². The molecule has 3 fully saturated rings. The number of ether oxygens (including phenoxy) is 2. The van der Waals surface area contributed by atoms with Gasteiger partial charge in [-0.15, -0.1) is 0 Å². The fourth-order valence-corrected chi connectivity index (χ4v) is 10.3. The van der Waals surface area contributed by atoms with Crippen molar-refractivity contribution in [3.8, 4) is 6.07 Å². The van der Waals surface area contributed by atoms with Crippen LogP contribution in [0.15, 0.2) is 54.1 Å². The Balaban J connectivity index is 1.07. The number of aromatic nitrogens is 8. The van der Waals surface area contributed by atoms with Crippen LogP contribution in [0.2, 0.25) is 0 Å². The summed E-state index contributed by atoms with van der Waals surface area (Å²) in [5.74, 6) is -1.09. The van der Waals surface area contributed by atoms with Crippen LogP contribution in [0.3, 0.4) is 0 Å². The highest BCUT2D eigenvalue weighted by Crippen LogP contribution is 2.56. The number of aromatic amines is 1. The van der Waals surface area contributed by atoms with E-state index in [0.717, 1.165) is 0 Å². The quantitative estimate of drug-likeness (QED) is 0.122. The van der Waals surface area contributed by atoms with Gasteiger partial charge in [-0.25, -0.2) is 19.9 Å². The number of nitriles is 1. The van der Waals surface area contributed by atoms with E-state index in [-0.39, 0.29) is 73.8 Å². The largest absolute Gasteiger partial charge is 0.349 e. The van der Waals surface area contributed by atoms with Gasteiger partial charge in [0.1, 0.15) is 24.8 Å². The Kier molecular flexibility index (Phi) is 12.3. The summed E-state index contributed by atoms with van der Waals surface area (Å²) >= 11 is 11.4. The number of rotatable bonds is 9. The van der Waals surface area contributed by atoms with Gasteiger partial charge in [0.05, 0.1) is 57.2 Å². The Morgan fingerprint density at radius 1 is 0.983 bits per heavy atom. The third-order valence-electron chi connectivity index (χ3n) is 9.55. The van der Waals surface area contributed by atoms with Crippen molar-refractivity contribution in [3.05, 3.63) is 65.2 Å². The molecule has 2 amide bonds. The van der Waals surface area contributed by atoms with Crippen LogP contribution in [0.4, 0.5) is 11.8 Å². The molecule has 0 spiro atoms. The number of hydrogen-bond acceptors (Lipinski definition) is 18. The van der Waals surface area contributed by atoms with E-state index >= 15 is 0 Å². The fourth-order valence-electron chi connectivity index (χ4n) is 6.66. The lowest BCUT2D eigenvalue weighted by Crippen LogP contribution is -2.29. The normalized spacial score (nSPS) is 28.4. The van der Waals surface area contributed by atoms with Crippen molar-refractivity contribution >= 4 is 83.0 Å². The first kappa shape index (κ1) is 42.2. The lowest BCUT2D eigenvalue weighted by molar-refractivity contribution is -0.118. The van der Waals surface area contributed by atoms with E-state index in [0.29, 0.717) is 16.7 Å². The highest BCUT2D eigenvalue weighted by Gasteiger charge is 2.46. The molecule has 316 valence electrons. The summed E-state index contributed by atoms with van der Waals surface area (Å²) < 4.78 is 46.5. The van der Waals surface area contributed by atoms with E-state index in [2.05, 4.69) is 40.5 Å². The van der Waals surface area contributed by atoms with Crippen molar-refractivity contribution in [1.82, 2.24) is 39.0 Å². The number of nitrogens with one attached hydrogen (secondary N) is 3. The highest BCUT2D eigenvalue weighted by molar-refractivity contribution is 8.07. The first-order valence-corrected chi connectivity index (χ1v) is 23.7. The molecule has 5 aromatic rings. The van der Waals surface area contributed by atoms with E-state index in [1.165, 1.54) is 23.5 Å². The lowest BCUT2D eigenvalue weighted by Gasteiger charge is -2.29. The standard InChI is InChI=1S/C34H37N11O11P2S2/c1-18(2)30(46)42-34-41-29-26(32(48)43-34)39-17-45(29)33-22-11-20(53-33)13-52-58(60,50-10-6-9-35)56-21-12-24(54-23(21)14-51-57(49,59)55-22)44-16-38-25-27(36-15-37-28(25)44)40-31(47)19-7-4-3-5-8-19/h3-5,7-8,15-18,20-24,33H,6,10-14H2,1-2H3,(H,49,59)(H,36,37,40,47)(H2,41,42,43,46,48)/t20-,21+,22-,23+,24+,33+,57?,58?/m0/s1. The van der Waals surface area contributed by atoms with E-state index in [1.54, 1.807) is 48.7 Å². The minimum absolute atomic E-state index is 0.00383. The highest BCUT2D eigenvalue weighted by atomic mass is 32.5. The van der Waals surface area contributed by atoms with Crippen molar-refractivity contribution in [1.29, 1.82) is 5.26 Å². The smallest absolute Gasteiger partial charge is 0.327 e. The van der Waals surface area contributed by atoms with Gasteiger partial charge >= 0.3 is 13.4 Å². The van der Waals surface area contributed by atoms with Gasteiger partial charge in [0.25, 0.3) is 11.5 Å². The summed E-state index contributed by atoms with van der Waals surface area (Å²) in [6.45, 7) is -5.00. The lowest BCUT2D eigenvalue weighted by atomic mass is 10.2. The molecule has 3 aliphatic heterocycles. The number of fused-ring (bicyclic) bond motifs is 5. The van der Waals surface area contributed by atoms with Crippen LogP contribution in [0.1, 0.15) is 55.9 Å². The molecule has 7 heterocycles. The molecule has 26 heteroatoms. The minimum atomic E-state index is -4.08. The average Bonchev–Trinajstić information content (AvgIpc) is 4.02. The zero-order valence-corrected chi connectivity index (χ0v) is 35.1. The molecule has 0 saturated carbocycles. The monoisotopic (exact) mass is 901 g/mol. The molecule has 3 aliphatic rings. The van der Waals surface area contributed by atoms with Gasteiger partial charge < -0.3 is 42.3 Å². The van der Waals surface area contributed by atoms with Crippen molar-refractivity contribution < 1.29 is 46.6 Å². The van der Waals surface area contributed by atoms with Gasteiger partial charge in [-0.3, -0.25) is 33.8 Å². The number of H-pyrrole nitrogens is 1. The van der Waals surface area contributed by atoms with Gasteiger partial charge in [0.15, 0.2) is 34.4 Å². The Hall–Kier alpha value is -4.47. The molecule has 0 radical (unpaired) electrons. The second-order valence-electron chi connectivity index (χ2n) is 14.0. The maximum Gasteiger partial charge on any atom is 0.327 e. The van der Waals surface area contributed by atoms with E-state index in [4.69, 9.17) is 55.7 Å². The number of imidazole rings is 2. The van der Waals surface area contributed by atoms with Crippen LogP contribution in [0, 0.1) is 17.2 Å². The molecule has 3 saturated heterocycles. The van der Waals surface area contributed by atoms with Crippen LogP contribution in [-0.4, -0.2) is 100.0 Å². The first-order chi connectivity index (χ1) is 28.8. The van der Waals surface area contributed by atoms with Crippen LogP contribution in [0.25, 0.3) is 22.3 Å². The number of benzene rings is 1. The van der Waals surface area contributed by atoms with Crippen molar-refractivity contribution in [2.24, 2.45) is 5.92 Å². The van der Waals surface area contributed by atoms with Gasteiger partial charge in [-0.1, -0.05) is 32.0 Å². The predicted octanol–water partition coefficient (Wildman–Crippen LogP) is 3.57. The molecule has 8 rings (SSSR count). The zero-order valence-electron chi connectivity index (χ0n) is 31.7. The molecular weight excluding hydrogens is 865 g/mol.